The first-order valence-electron chi connectivity index (χ1n) is 9.66. The van der Waals surface area contributed by atoms with Gasteiger partial charge in [-0.1, -0.05) is 24.4 Å². The van der Waals surface area contributed by atoms with Gasteiger partial charge in [0.2, 0.25) is 5.89 Å². The number of aromatic nitrogens is 2. The Bertz CT molecular complexity index is 563. The second-order valence-corrected chi connectivity index (χ2v) is 7.76. The van der Waals surface area contributed by atoms with Crippen molar-refractivity contribution in [2.75, 3.05) is 13.1 Å². The number of likely N-dealkylation sites (tertiary alicyclic amines) is 1. The van der Waals surface area contributed by atoms with Gasteiger partial charge < -0.3 is 14.7 Å². The van der Waals surface area contributed by atoms with Crippen molar-refractivity contribution in [3.63, 3.8) is 0 Å². The van der Waals surface area contributed by atoms with Gasteiger partial charge in [0.1, 0.15) is 0 Å². The minimum Gasteiger partial charge on any atom is -0.339 e. The maximum atomic E-state index is 12.5. The van der Waals surface area contributed by atoms with Crippen molar-refractivity contribution < 1.29 is 9.32 Å². The van der Waals surface area contributed by atoms with Crippen LogP contribution < -0.4 is 5.32 Å². The van der Waals surface area contributed by atoms with Crippen LogP contribution in [0.15, 0.2) is 4.52 Å². The molecule has 4 rings (SSSR count). The van der Waals surface area contributed by atoms with Gasteiger partial charge in [-0.2, -0.15) is 4.98 Å². The largest absolute Gasteiger partial charge is 0.339 e. The molecule has 132 valence electrons. The van der Waals surface area contributed by atoms with E-state index in [1.54, 1.807) is 0 Å². The predicted molar refractivity (Wildman–Crippen MR) is 89.7 cm³/mol. The molecule has 0 radical (unpaired) electrons. The molecule has 1 atom stereocenters. The quantitative estimate of drug-likeness (QED) is 0.919. The molecule has 0 bridgehead atoms. The molecule has 6 nitrogen and oxygen atoms in total. The van der Waals surface area contributed by atoms with Crippen LogP contribution in [0.5, 0.6) is 0 Å². The average molecular weight is 332 g/mol. The molecule has 24 heavy (non-hydrogen) atoms. The van der Waals surface area contributed by atoms with Crippen LogP contribution in [0.4, 0.5) is 4.79 Å². The van der Waals surface area contributed by atoms with Gasteiger partial charge in [0, 0.05) is 31.5 Å². The first-order chi connectivity index (χ1) is 11.8. The number of carbonyl (C=O) groups excluding carboxylic acids is 1. The molecule has 0 aromatic carbocycles. The second kappa shape index (κ2) is 7.11. The van der Waals surface area contributed by atoms with Gasteiger partial charge in [0.15, 0.2) is 5.82 Å². The van der Waals surface area contributed by atoms with E-state index >= 15 is 0 Å². The summed E-state index contributed by atoms with van der Waals surface area (Å²) in [6.07, 6.45) is 11.4. The summed E-state index contributed by atoms with van der Waals surface area (Å²) in [5.74, 6) is 2.60. The van der Waals surface area contributed by atoms with E-state index in [0.29, 0.717) is 17.9 Å². The summed E-state index contributed by atoms with van der Waals surface area (Å²) in [7, 11) is 0. The standard InChI is InChI=1S/C18H28N4O2/c23-18(19-15-6-2-1-3-7-15)22-10-4-5-13(12-22)11-16-20-17(21-24-16)14-8-9-14/h13-15H,1-12H2,(H,19,23). The number of nitrogens with zero attached hydrogens (tertiary/aromatic N) is 3. The highest BCUT2D eigenvalue weighted by atomic mass is 16.5. The lowest BCUT2D eigenvalue weighted by molar-refractivity contribution is 0.156. The Morgan fingerprint density at radius 1 is 1.12 bits per heavy atom. The second-order valence-electron chi connectivity index (χ2n) is 7.76. The van der Waals surface area contributed by atoms with Crippen molar-refractivity contribution in [1.82, 2.24) is 20.4 Å². The number of nitrogens with one attached hydrogen (secondary N) is 1. The summed E-state index contributed by atoms with van der Waals surface area (Å²) in [4.78, 5) is 19.0. The van der Waals surface area contributed by atoms with Crippen molar-refractivity contribution in [2.24, 2.45) is 5.92 Å². The van der Waals surface area contributed by atoms with E-state index in [4.69, 9.17) is 4.52 Å². The fraction of sp³-hybridized carbons (Fsp3) is 0.833. The zero-order valence-corrected chi connectivity index (χ0v) is 14.4. The zero-order chi connectivity index (χ0) is 16.4. The molecule has 2 aliphatic carbocycles. The molecule has 1 saturated heterocycles. The molecule has 2 saturated carbocycles. The van der Waals surface area contributed by atoms with Crippen molar-refractivity contribution >= 4 is 6.03 Å². The summed E-state index contributed by atoms with van der Waals surface area (Å²) in [6.45, 7) is 1.67. The Morgan fingerprint density at radius 2 is 1.96 bits per heavy atom. The number of piperidine rings is 1. The van der Waals surface area contributed by atoms with E-state index < -0.39 is 0 Å². The van der Waals surface area contributed by atoms with Crippen LogP contribution in [-0.2, 0) is 6.42 Å². The van der Waals surface area contributed by atoms with Crippen LogP contribution in [-0.4, -0.2) is 40.2 Å². The van der Waals surface area contributed by atoms with Crippen LogP contribution in [0.1, 0.15) is 75.4 Å². The van der Waals surface area contributed by atoms with Crippen LogP contribution in [0, 0.1) is 5.92 Å². The van der Waals surface area contributed by atoms with E-state index in [2.05, 4.69) is 15.5 Å². The number of carbonyl (C=O) groups is 1. The lowest BCUT2D eigenvalue weighted by Crippen LogP contribution is -2.49. The lowest BCUT2D eigenvalue weighted by atomic mass is 9.94. The Balaban J connectivity index is 1.28. The number of amides is 2. The SMILES string of the molecule is O=C(NC1CCCCC1)N1CCCC(Cc2nc(C3CC3)no2)C1. The fourth-order valence-corrected chi connectivity index (χ4v) is 4.03. The van der Waals surface area contributed by atoms with Gasteiger partial charge in [-0.25, -0.2) is 4.79 Å². The van der Waals surface area contributed by atoms with Crippen LogP contribution in [0.3, 0.4) is 0 Å². The molecule has 1 aromatic heterocycles. The maximum absolute atomic E-state index is 12.5. The molecule has 6 heteroatoms. The summed E-state index contributed by atoms with van der Waals surface area (Å²) < 4.78 is 5.41. The van der Waals surface area contributed by atoms with Crippen LogP contribution >= 0.6 is 0 Å². The number of urea groups is 1. The molecule has 0 spiro atoms. The molecular weight excluding hydrogens is 304 g/mol. The molecule has 3 fully saturated rings. The van der Waals surface area contributed by atoms with E-state index in [0.717, 1.165) is 56.9 Å². The highest BCUT2D eigenvalue weighted by molar-refractivity contribution is 5.74. The normalized spacial score (nSPS) is 25.7. The Labute approximate surface area is 143 Å². The van der Waals surface area contributed by atoms with Crippen molar-refractivity contribution in [2.45, 2.75) is 76.2 Å². The molecule has 1 aromatic rings. The monoisotopic (exact) mass is 332 g/mol. The maximum Gasteiger partial charge on any atom is 0.317 e. The highest BCUT2D eigenvalue weighted by Gasteiger charge is 2.30. The minimum atomic E-state index is 0.121. The van der Waals surface area contributed by atoms with Gasteiger partial charge in [-0.15, -0.1) is 0 Å². The summed E-state index contributed by atoms with van der Waals surface area (Å²) in [5.41, 5.74) is 0. The predicted octanol–water partition coefficient (Wildman–Crippen LogP) is 3.24. The van der Waals surface area contributed by atoms with E-state index in [9.17, 15) is 4.79 Å². The van der Waals surface area contributed by atoms with Gasteiger partial charge in [-0.3, -0.25) is 0 Å². The van der Waals surface area contributed by atoms with Crippen molar-refractivity contribution in [3.8, 4) is 0 Å². The topological polar surface area (TPSA) is 71.3 Å². The minimum absolute atomic E-state index is 0.121. The summed E-state index contributed by atoms with van der Waals surface area (Å²) in [5, 5.41) is 7.33. The molecule has 1 N–H and O–H groups in total. The molecule has 3 aliphatic rings. The zero-order valence-electron chi connectivity index (χ0n) is 14.4. The fourth-order valence-electron chi connectivity index (χ4n) is 4.03. The molecule has 1 aliphatic heterocycles. The van der Waals surface area contributed by atoms with Crippen LogP contribution in [0.25, 0.3) is 0 Å². The lowest BCUT2D eigenvalue weighted by Gasteiger charge is -2.34. The summed E-state index contributed by atoms with van der Waals surface area (Å²) in [6, 6.07) is 0.500. The van der Waals surface area contributed by atoms with Gasteiger partial charge >= 0.3 is 6.03 Å². The third-order valence-electron chi connectivity index (χ3n) is 5.63. The van der Waals surface area contributed by atoms with E-state index in [1.165, 1.54) is 32.1 Å². The Morgan fingerprint density at radius 3 is 2.75 bits per heavy atom. The summed E-state index contributed by atoms with van der Waals surface area (Å²) >= 11 is 0. The number of rotatable bonds is 4. The highest BCUT2D eigenvalue weighted by Crippen LogP contribution is 2.38. The van der Waals surface area contributed by atoms with E-state index in [1.807, 2.05) is 4.90 Å². The first kappa shape index (κ1) is 15.9. The molecule has 2 heterocycles. The van der Waals surface area contributed by atoms with Crippen molar-refractivity contribution in [3.05, 3.63) is 11.7 Å². The smallest absolute Gasteiger partial charge is 0.317 e. The molecule has 2 amide bonds. The molecule has 1 unspecified atom stereocenters. The average Bonchev–Trinajstić information content (AvgIpc) is 3.36. The van der Waals surface area contributed by atoms with E-state index in [-0.39, 0.29) is 6.03 Å². The first-order valence-corrected chi connectivity index (χ1v) is 9.66. The van der Waals surface area contributed by atoms with Crippen LogP contribution in [0.2, 0.25) is 0 Å². The third-order valence-corrected chi connectivity index (χ3v) is 5.63. The number of hydrogen-bond donors (Lipinski definition) is 1. The number of hydrogen-bond acceptors (Lipinski definition) is 4. The Hall–Kier alpha value is -1.59. The van der Waals surface area contributed by atoms with Gasteiger partial charge in [0.25, 0.3) is 0 Å². The molecular formula is C18H28N4O2. The van der Waals surface area contributed by atoms with Gasteiger partial charge in [0.05, 0.1) is 0 Å². The van der Waals surface area contributed by atoms with Gasteiger partial charge in [-0.05, 0) is 44.4 Å². The third kappa shape index (κ3) is 3.90. The van der Waals surface area contributed by atoms with Crippen molar-refractivity contribution in [1.29, 1.82) is 0 Å². The Kier molecular flexibility index (Phi) is 4.72.